The summed E-state index contributed by atoms with van der Waals surface area (Å²) >= 11 is 0. The van der Waals surface area contributed by atoms with Gasteiger partial charge in [0.1, 0.15) is 11.2 Å². The van der Waals surface area contributed by atoms with E-state index in [9.17, 15) is 14.9 Å². The zero-order valence-corrected chi connectivity index (χ0v) is 15.7. The average molecular weight is 368 g/mol. The van der Waals surface area contributed by atoms with Gasteiger partial charge in [-0.1, -0.05) is 26.7 Å². The van der Waals surface area contributed by atoms with E-state index in [1.54, 1.807) is 6.07 Å². The Hall–Kier alpha value is -2.89. The van der Waals surface area contributed by atoms with Gasteiger partial charge in [0.25, 0.3) is 5.69 Å². The highest BCUT2D eigenvalue weighted by atomic mass is 16.6. The summed E-state index contributed by atoms with van der Waals surface area (Å²) in [6.45, 7) is 6.23. The van der Waals surface area contributed by atoms with Crippen LogP contribution in [0.15, 0.2) is 45.6 Å². The molecule has 0 fully saturated rings. The van der Waals surface area contributed by atoms with E-state index in [2.05, 4.69) is 18.7 Å². The van der Waals surface area contributed by atoms with Gasteiger partial charge in [-0.3, -0.25) is 14.9 Å². The van der Waals surface area contributed by atoms with Crippen LogP contribution >= 0.6 is 0 Å². The van der Waals surface area contributed by atoms with Gasteiger partial charge in [0.15, 0.2) is 0 Å². The van der Waals surface area contributed by atoms with Crippen LogP contribution in [-0.4, -0.2) is 18.0 Å². The molecule has 1 heterocycles. The Bertz CT molecular complexity index is 1020. The number of nitro benzene ring substituents is 1. The predicted molar refractivity (Wildman–Crippen MR) is 109 cm³/mol. The number of nitrogens with zero attached hydrogens (tertiary/aromatic N) is 2. The molecule has 0 unspecified atom stereocenters. The maximum absolute atomic E-state index is 12.8. The van der Waals surface area contributed by atoms with Crippen molar-refractivity contribution in [3.63, 3.8) is 0 Å². The summed E-state index contributed by atoms with van der Waals surface area (Å²) < 4.78 is 5.89. The van der Waals surface area contributed by atoms with Gasteiger partial charge in [-0.05, 0) is 31.0 Å². The van der Waals surface area contributed by atoms with Crippen LogP contribution in [0.25, 0.3) is 21.9 Å². The lowest BCUT2D eigenvalue weighted by molar-refractivity contribution is -0.384. The molecule has 6 heteroatoms. The second kappa shape index (κ2) is 8.20. The van der Waals surface area contributed by atoms with Crippen LogP contribution in [-0.2, 0) is 0 Å². The van der Waals surface area contributed by atoms with Crippen LogP contribution in [0.4, 0.5) is 11.4 Å². The minimum atomic E-state index is -0.489. The van der Waals surface area contributed by atoms with Gasteiger partial charge in [0.2, 0.25) is 5.43 Å². The summed E-state index contributed by atoms with van der Waals surface area (Å²) in [6.07, 6.45) is 4.41. The van der Waals surface area contributed by atoms with E-state index in [1.807, 2.05) is 12.1 Å². The Morgan fingerprint density at radius 1 is 0.963 bits per heavy atom. The topological polar surface area (TPSA) is 76.6 Å². The summed E-state index contributed by atoms with van der Waals surface area (Å²) in [5.41, 5.74) is 1.46. The molecule has 0 aliphatic rings. The normalized spacial score (nSPS) is 11.2. The molecule has 0 aliphatic carbocycles. The van der Waals surface area contributed by atoms with Crippen molar-refractivity contribution >= 4 is 33.3 Å². The molecular weight excluding hydrogens is 344 g/mol. The first-order valence-corrected chi connectivity index (χ1v) is 9.45. The molecule has 142 valence electrons. The number of hydrogen-bond acceptors (Lipinski definition) is 5. The van der Waals surface area contributed by atoms with Crippen molar-refractivity contribution in [2.45, 2.75) is 39.5 Å². The fourth-order valence-electron chi connectivity index (χ4n) is 3.21. The van der Waals surface area contributed by atoms with E-state index in [4.69, 9.17) is 4.42 Å². The third-order valence-electron chi connectivity index (χ3n) is 4.78. The summed E-state index contributed by atoms with van der Waals surface area (Å²) in [4.78, 5) is 25.6. The molecule has 0 N–H and O–H groups in total. The number of benzene rings is 2. The molecule has 27 heavy (non-hydrogen) atoms. The Labute approximate surface area is 157 Å². The molecule has 3 rings (SSSR count). The first kappa shape index (κ1) is 18.9. The lowest BCUT2D eigenvalue weighted by atomic mass is 10.1. The standard InChI is InChI=1S/C21H24N2O4/c1-3-5-11-22(12-6-4-2)15-7-9-17-19(13-15)27-20-14-16(23(25)26)8-10-18(20)21(17)24/h7-10,13-14H,3-6,11-12H2,1-2H3. The second-order valence-electron chi connectivity index (χ2n) is 6.74. The fourth-order valence-corrected chi connectivity index (χ4v) is 3.21. The van der Waals surface area contributed by atoms with Crippen LogP contribution in [0.3, 0.4) is 0 Å². The van der Waals surface area contributed by atoms with Crippen molar-refractivity contribution in [1.29, 1.82) is 0 Å². The van der Waals surface area contributed by atoms with Gasteiger partial charge < -0.3 is 9.32 Å². The lowest BCUT2D eigenvalue weighted by Gasteiger charge is -2.24. The molecule has 1 aromatic heterocycles. The lowest BCUT2D eigenvalue weighted by Crippen LogP contribution is -2.25. The van der Waals surface area contributed by atoms with E-state index < -0.39 is 4.92 Å². The molecule has 0 amide bonds. The van der Waals surface area contributed by atoms with Crippen LogP contribution in [0.1, 0.15) is 39.5 Å². The number of rotatable bonds is 8. The molecular formula is C21H24N2O4. The zero-order chi connectivity index (χ0) is 19.4. The van der Waals surface area contributed by atoms with Crippen molar-refractivity contribution in [3.05, 3.63) is 56.7 Å². The number of fused-ring (bicyclic) bond motifs is 2. The van der Waals surface area contributed by atoms with E-state index in [0.29, 0.717) is 16.4 Å². The number of non-ortho nitro benzene ring substituents is 1. The SMILES string of the molecule is CCCCN(CCCC)c1ccc2c(=O)c3ccc([N+](=O)[O-])cc3oc2c1. The molecule has 2 aromatic carbocycles. The molecule has 6 nitrogen and oxygen atoms in total. The highest BCUT2D eigenvalue weighted by molar-refractivity contribution is 5.91. The van der Waals surface area contributed by atoms with Gasteiger partial charge in [-0.2, -0.15) is 0 Å². The van der Waals surface area contributed by atoms with Crippen molar-refractivity contribution in [2.24, 2.45) is 0 Å². The summed E-state index contributed by atoms with van der Waals surface area (Å²) in [6, 6.07) is 9.73. The Morgan fingerprint density at radius 3 is 2.15 bits per heavy atom. The van der Waals surface area contributed by atoms with Crippen LogP contribution in [0, 0.1) is 10.1 Å². The van der Waals surface area contributed by atoms with Crippen molar-refractivity contribution in [3.8, 4) is 0 Å². The van der Waals surface area contributed by atoms with Crippen LogP contribution in [0.5, 0.6) is 0 Å². The number of unbranched alkanes of at least 4 members (excludes halogenated alkanes) is 2. The van der Waals surface area contributed by atoms with Gasteiger partial charge in [0.05, 0.1) is 21.8 Å². The maximum atomic E-state index is 12.8. The summed E-state index contributed by atoms with van der Waals surface area (Å²) in [5.74, 6) is 0. The van der Waals surface area contributed by atoms with Gasteiger partial charge in [-0.15, -0.1) is 0 Å². The molecule has 0 bridgehead atoms. The Balaban J connectivity index is 2.10. The number of hydrogen-bond donors (Lipinski definition) is 0. The van der Waals surface area contributed by atoms with Gasteiger partial charge >= 0.3 is 0 Å². The smallest absolute Gasteiger partial charge is 0.273 e. The molecule has 3 aromatic rings. The largest absolute Gasteiger partial charge is 0.455 e. The molecule has 0 saturated carbocycles. The zero-order valence-electron chi connectivity index (χ0n) is 15.7. The quantitative estimate of drug-likeness (QED) is 0.308. The third-order valence-corrected chi connectivity index (χ3v) is 4.78. The predicted octanol–water partition coefficient (Wildman–Crippen LogP) is 5.26. The van der Waals surface area contributed by atoms with E-state index >= 15 is 0 Å². The highest BCUT2D eigenvalue weighted by Crippen LogP contribution is 2.26. The summed E-state index contributed by atoms with van der Waals surface area (Å²) in [7, 11) is 0. The molecule has 0 aliphatic heterocycles. The maximum Gasteiger partial charge on any atom is 0.273 e. The van der Waals surface area contributed by atoms with Crippen LogP contribution in [0.2, 0.25) is 0 Å². The monoisotopic (exact) mass is 368 g/mol. The average Bonchev–Trinajstić information content (AvgIpc) is 2.67. The minimum absolute atomic E-state index is 0.0892. The first-order valence-electron chi connectivity index (χ1n) is 9.45. The Kier molecular flexibility index (Phi) is 5.74. The highest BCUT2D eigenvalue weighted by Gasteiger charge is 2.14. The van der Waals surface area contributed by atoms with E-state index in [0.717, 1.165) is 44.5 Å². The van der Waals surface area contributed by atoms with E-state index in [1.165, 1.54) is 18.2 Å². The van der Waals surface area contributed by atoms with Crippen LogP contribution < -0.4 is 10.3 Å². The molecule has 0 atom stereocenters. The van der Waals surface area contributed by atoms with Crippen molar-refractivity contribution < 1.29 is 9.34 Å². The number of anilines is 1. The first-order chi connectivity index (χ1) is 13.0. The van der Waals surface area contributed by atoms with E-state index in [-0.39, 0.29) is 16.7 Å². The van der Waals surface area contributed by atoms with Gasteiger partial charge in [0, 0.05) is 30.9 Å². The Morgan fingerprint density at radius 2 is 1.56 bits per heavy atom. The van der Waals surface area contributed by atoms with Crippen molar-refractivity contribution in [1.82, 2.24) is 0 Å². The number of nitro groups is 1. The van der Waals surface area contributed by atoms with Crippen molar-refractivity contribution in [2.75, 3.05) is 18.0 Å². The van der Waals surface area contributed by atoms with Gasteiger partial charge in [-0.25, -0.2) is 0 Å². The second-order valence-corrected chi connectivity index (χ2v) is 6.74. The minimum Gasteiger partial charge on any atom is -0.455 e. The molecule has 0 saturated heterocycles. The molecule has 0 spiro atoms. The summed E-state index contributed by atoms with van der Waals surface area (Å²) in [5, 5.41) is 11.9. The molecule has 0 radical (unpaired) electrons. The third kappa shape index (κ3) is 3.94. The fraction of sp³-hybridized carbons (Fsp3) is 0.381.